The molecule has 144 valence electrons. The lowest BCUT2D eigenvalue weighted by Crippen LogP contribution is -2.28. The maximum atomic E-state index is 12.9. The second-order valence-electron chi connectivity index (χ2n) is 7.70. The molecular formula is C21H27N3O2S. The Labute approximate surface area is 164 Å². The number of hydrogen-bond donors (Lipinski definition) is 2. The Bertz CT molecular complexity index is 842. The fraction of sp³-hybridized carbons (Fsp3) is 0.524. The Morgan fingerprint density at radius 3 is 3.07 bits per heavy atom. The number of piperidine rings is 1. The predicted molar refractivity (Wildman–Crippen MR) is 108 cm³/mol. The van der Waals surface area contributed by atoms with Crippen molar-refractivity contribution in [3.8, 4) is 5.75 Å². The van der Waals surface area contributed by atoms with Gasteiger partial charge in [-0.3, -0.25) is 4.79 Å². The van der Waals surface area contributed by atoms with E-state index in [1.165, 1.54) is 12.0 Å². The number of thiazole rings is 1. The van der Waals surface area contributed by atoms with Crippen molar-refractivity contribution in [1.82, 2.24) is 15.6 Å². The smallest absolute Gasteiger partial charge is 0.263 e. The summed E-state index contributed by atoms with van der Waals surface area (Å²) in [7, 11) is 0. The fourth-order valence-electron chi connectivity index (χ4n) is 3.92. The van der Waals surface area contributed by atoms with Gasteiger partial charge in [-0.05, 0) is 63.4 Å². The van der Waals surface area contributed by atoms with Crippen LogP contribution in [0.15, 0.2) is 18.2 Å². The van der Waals surface area contributed by atoms with Gasteiger partial charge in [-0.1, -0.05) is 6.07 Å². The van der Waals surface area contributed by atoms with Crippen LogP contribution in [0.4, 0.5) is 0 Å². The van der Waals surface area contributed by atoms with Crippen LogP contribution in [0.25, 0.3) is 0 Å². The molecule has 3 heterocycles. The van der Waals surface area contributed by atoms with E-state index in [1.54, 1.807) is 11.3 Å². The molecule has 0 aliphatic carbocycles. The molecule has 1 aromatic carbocycles. The zero-order valence-corrected chi connectivity index (χ0v) is 17.0. The molecule has 4 rings (SSSR count). The van der Waals surface area contributed by atoms with Crippen LogP contribution in [0.3, 0.4) is 0 Å². The highest BCUT2D eigenvalue weighted by Gasteiger charge is 2.24. The van der Waals surface area contributed by atoms with Crippen molar-refractivity contribution in [2.75, 3.05) is 13.1 Å². The van der Waals surface area contributed by atoms with Crippen molar-refractivity contribution >= 4 is 17.2 Å². The van der Waals surface area contributed by atoms with Crippen molar-refractivity contribution in [3.63, 3.8) is 0 Å². The fourth-order valence-corrected chi connectivity index (χ4v) is 5.03. The van der Waals surface area contributed by atoms with Crippen molar-refractivity contribution < 1.29 is 9.53 Å². The van der Waals surface area contributed by atoms with E-state index in [2.05, 4.69) is 23.6 Å². The molecule has 2 aromatic rings. The molecule has 2 aliphatic rings. The van der Waals surface area contributed by atoms with Crippen LogP contribution >= 0.6 is 11.3 Å². The Balaban J connectivity index is 1.46. The number of nitrogens with zero attached hydrogens (tertiary/aromatic N) is 1. The van der Waals surface area contributed by atoms with Crippen LogP contribution < -0.4 is 15.4 Å². The molecule has 2 N–H and O–H groups in total. The van der Waals surface area contributed by atoms with E-state index in [-0.39, 0.29) is 18.1 Å². The van der Waals surface area contributed by atoms with E-state index >= 15 is 0 Å². The summed E-state index contributed by atoms with van der Waals surface area (Å²) in [5.41, 5.74) is 3.17. The summed E-state index contributed by atoms with van der Waals surface area (Å²) >= 11 is 1.55. The summed E-state index contributed by atoms with van der Waals surface area (Å²) in [5, 5.41) is 7.66. The number of rotatable bonds is 4. The number of aryl methyl sites for hydroxylation is 1. The molecule has 1 fully saturated rings. The van der Waals surface area contributed by atoms with E-state index < -0.39 is 0 Å². The van der Waals surface area contributed by atoms with Gasteiger partial charge < -0.3 is 15.4 Å². The normalized spacial score (nSPS) is 22.8. The van der Waals surface area contributed by atoms with Crippen molar-refractivity contribution in [2.45, 2.75) is 58.1 Å². The van der Waals surface area contributed by atoms with Crippen molar-refractivity contribution in [2.24, 2.45) is 0 Å². The summed E-state index contributed by atoms with van der Waals surface area (Å²) in [4.78, 5) is 18.3. The Morgan fingerprint density at radius 2 is 2.30 bits per heavy atom. The highest BCUT2D eigenvalue weighted by molar-refractivity contribution is 7.13. The average molecular weight is 386 g/mol. The highest BCUT2D eigenvalue weighted by atomic mass is 32.1. The molecule has 6 heteroatoms. The molecule has 0 bridgehead atoms. The van der Waals surface area contributed by atoms with Gasteiger partial charge in [-0.25, -0.2) is 4.98 Å². The quantitative estimate of drug-likeness (QED) is 0.842. The van der Waals surface area contributed by atoms with Gasteiger partial charge in [0.05, 0.1) is 16.7 Å². The first-order valence-electron chi connectivity index (χ1n) is 9.79. The van der Waals surface area contributed by atoms with Crippen LogP contribution in [0.2, 0.25) is 0 Å². The summed E-state index contributed by atoms with van der Waals surface area (Å²) in [6, 6.07) is 6.16. The molecule has 2 unspecified atom stereocenters. The Kier molecular flexibility index (Phi) is 5.19. The lowest BCUT2D eigenvalue weighted by atomic mass is 10.0. The van der Waals surface area contributed by atoms with Gasteiger partial charge in [-0.15, -0.1) is 11.3 Å². The van der Waals surface area contributed by atoms with Gasteiger partial charge >= 0.3 is 0 Å². The Hall–Kier alpha value is -1.92. The maximum Gasteiger partial charge on any atom is 0.263 e. The molecule has 1 amide bonds. The SMILES string of the molecule is Cc1nc(C2CCCNC2)sc1C(=O)N[C@@H](C)c1ccc2c(c1)CC(C)O2. The summed E-state index contributed by atoms with van der Waals surface area (Å²) in [6.45, 7) is 8.08. The molecular weight excluding hydrogens is 358 g/mol. The van der Waals surface area contributed by atoms with Crippen LogP contribution in [-0.4, -0.2) is 30.1 Å². The lowest BCUT2D eigenvalue weighted by molar-refractivity contribution is 0.0943. The molecule has 2 aliphatic heterocycles. The number of ether oxygens (including phenoxy) is 1. The minimum atomic E-state index is -0.0556. The standard InChI is InChI=1S/C21H27N3O2S/c1-12-9-17-10-15(6-7-18(17)26-12)13(2)23-20(25)19-14(3)24-21(27-19)16-5-4-8-22-11-16/h6-7,10,12-13,16,22H,4-5,8-9,11H2,1-3H3,(H,23,25)/t12?,13-,16?/m0/s1. The first kappa shape index (κ1) is 18.4. The van der Waals surface area contributed by atoms with Gasteiger partial charge in [0.1, 0.15) is 16.7 Å². The van der Waals surface area contributed by atoms with Gasteiger partial charge in [0, 0.05) is 18.9 Å². The first-order chi connectivity index (χ1) is 13.0. The number of carbonyl (C=O) groups excluding carboxylic acids is 1. The minimum Gasteiger partial charge on any atom is -0.490 e. The molecule has 27 heavy (non-hydrogen) atoms. The molecule has 3 atom stereocenters. The summed E-state index contributed by atoms with van der Waals surface area (Å²) < 4.78 is 5.77. The monoisotopic (exact) mass is 385 g/mol. The number of hydrogen-bond acceptors (Lipinski definition) is 5. The summed E-state index contributed by atoms with van der Waals surface area (Å²) in [5.74, 6) is 1.37. The molecule has 1 saturated heterocycles. The molecule has 0 spiro atoms. The Morgan fingerprint density at radius 1 is 1.44 bits per heavy atom. The van der Waals surface area contributed by atoms with Crippen LogP contribution in [0, 0.1) is 6.92 Å². The van der Waals surface area contributed by atoms with Crippen molar-refractivity contribution in [1.29, 1.82) is 0 Å². The third kappa shape index (κ3) is 3.87. The molecule has 1 aromatic heterocycles. The average Bonchev–Trinajstić information content (AvgIpc) is 3.23. The zero-order chi connectivity index (χ0) is 19.0. The van der Waals surface area contributed by atoms with Gasteiger partial charge in [0.2, 0.25) is 0 Å². The van der Waals surface area contributed by atoms with Gasteiger partial charge in [-0.2, -0.15) is 0 Å². The van der Waals surface area contributed by atoms with Gasteiger partial charge in [0.25, 0.3) is 5.91 Å². The molecule has 5 nitrogen and oxygen atoms in total. The first-order valence-corrected chi connectivity index (χ1v) is 10.6. The van der Waals surface area contributed by atoms with E-state index in [1.807, 2.05) is 26.0 Å². The topological polar surface area (TPSA) is 63.2 Å². The number of carbonyl (C=O) groups is 1. The van der Waals surface area contributed by atoms with Crippen LogP contribution in [0.5, 0.6) is 5.75 Å². The van der Waals surface area contributed by atoms with Crippen LogP contribution in [0.1, 0.15) is 70.1 Å². The number of aromatic nitrogens is 1. The maximum absolute atomic E-state index is 12.9. The zero-order valence-electron chi connectivity index (χ0n) is 16.2. The van der Waals surface area contributed by atoms with Crippen LogP contribution in [-0.2, 0) is 6.42 Å². The third-order valence-electron chi connectivity index (χ3n) is 5.43. The van der Waals surface area contributed by atoms with E-state index in [0.29, 0.717) is 5.92 Å². The number of amides is 1. The highest BCUT2D eigenvalue weighted by Crippen LogP contribution is 2.32. The number of fused-ring (bicyclic) bond motifs is 1. The second-order valence-corrected chi connectivity index (χ2v) is 8.74. The minimum absolute atomic E-state index is 0.0300. The number of nitrogens with one attached hydrogen (secondary N) is 2. The third-order valence-corrected chi connectivity index (χ3v) is 6.75. The largest absolute Gasteiger partial charge is 0.490 e. The van der Waals surface area contributed by atoms with E-state index in [9.17, 15) is 4.79 Å². The van der Waals surface area contributed by atoms with E-state index in [4.69, 9.17) is 9.72 Å². The molecule has 0 radical (unpaired) electrons. The van der Waals surface area contributed by atoms with Crippen molar-refractivity contribution in [3.05, 3.63) is 44.9 Å². The number of benzene rings is 1. The summed E-state index contributed by atoms with van der Waals surface area (Å²) in [6.07, 6.45) is 3.47. The van der Waals surface area contributed by atoms with Gasteiger partial charge in [0.15, 0.2) is 0 Å². The predicted octanol–water partition coefficient (Wildman–Crippen LogP) is 3.73. The molecule has 0 saturated carbocycles. The van der Waals surface area contributed by atoms with E-state index in [0.717, 1.165) is 52.8 Å². The second kappa shape index (κ2) is 7.60. The lowest BCUT2D eigenvalue weighted by Gasteiger charge is -2.20.